The maximum absolute atomic E-state index is 14.1. The Hall–Kier alpha value is -3.42. The van der Waals surface area contributed by atoms with Crippen molar-refractivity contribution in [1.29, 1.82) is 0 Å². The van der Waals surface area contributed by atoms with E-state index in [1.54, 1.807) is 37.2 Å². The van der Waals surface area contributed by atoms with Gasteiger partial charge in [-0.15, -0.1) is 0 Å². The van der Waals surface area contributed by atoms with Gasteiger partial charge in [0.05, 0.1) is 18.8 Å². The second-order valence-corrected chi connectivity index (χ2v) is 17.8. The number of fused-ring (bicyclic) bond motifs is 1. The van der Waals surface area contributed by atoms with Gasteiger partial charge in [0.2, 0.25) is 0 Å². The number of methoxy groups -OCH3 is 1. The molecule has 0 saturated heterocycles. The van der Waals surface area contributed by atoms with E-state index in [1.165, 1.54) is 38.9 Å². The van der Waals surface area contributed by atoms with Crippen molar-refractivity contribution < 1.29 is 17.9 Å². The van der Waals surface area contributed by atoms with E-state index in [0.29, 0.717) is 29.4 Å². The Morgan fingerprint density at radius 1 is 1.08 bits per heavy atom. The molecule has 0 unspecified atom stereocenters. The van der Waals surface area contributed by atoms with Gasteiger partial charge in [-0.25, -0.2) is 22.5 Å². The van der Waals surface area contributed by atoms with Gasteiger partial charge in [-0.1, -0.05) is 19.6 Å². The lowest BCUT2D eigenvalue weighted by atomic mass is 10.2. The van der Waals surface area contributed by atoms with Crippen molar-refractivity contribution in [3.05, 3.63) is 59.0 Å². The third-order valence-corrected chi connectivity index (χ3v) is 9.82. The molecule has 0 bridgehead atoms. The summed E-state index contributed by atoms with van der Waals surface area (Å²) < 4.78 is 45.4. The first kappa shape index (κ1) is 27.6. The topological polar surface area (TPSA) is 113 Å². The highest BCUT2D eigenvalue weighted by Gasteiger charge is 2.31. The summed E-state index contributed by atoms with van der Waals surface area (Å²) in [5.74, 6) is 0.691. The molecule has 4 rings (SSSR count). The van der Waals surface area contributed by atoms with E-state index < -0.39 is 18.1 Å². The Morgan fingerprint density at radius 2 is 1.82 bits per heavy atom. The molecular formula is C25H34N6O5SSi. The highest BCUT2D eigenvalue weighted by molar-refractivity contribution is 7.92. The number of imidazole rings is 1. The first-order valence-corrected chi connectivity index (χ1v) is 17.3. The number of sulfonamides is 1. The van der Waals surface area contributed by atoms with Crippen LogP contribution in [-0.2, 0) is 28.9 Å². The molecule has 3 aromatic heterocycles. The van der Waals surface area contributed by atoms with Crippen molar-refractivity contribution >= 4 is 34.7 Å². The third kappa shape index (κ3) is 5.26. The average Bonchev–Trinajstić information content (AvgIpc) is 3.37. The van der Waals surface area contributed by atoms with Crippen LogP contribution in [0.2, 0.25) is 25.7 Å². The van der Waals surface area contributed by atoms with E-state index in [-0.39, 0.29) is 17.3 Å². The molecule has 1 aromatic carbocycles. The molecule has 11 nitrogen and oxygen atoms in total. The molecule has 0 atom stereocenters. The normalized spacial score (nSPS) is 12.3. The van der Waals surface area contributed by atoms with Crippen LogP contribution in [-0.4, -0.2) is 60.8 Å². The molecule has 4 aromatic rings. The number of benzene rings is 1. The number of ether oxygens (including phenoxy) is 2. The molecule has 13 heteroatoms. The monoisotopic (exact) mass is 558 g/mol. The average molecular weight is 559 g/mol. The molecule has 38 heavy (non-hydrogen) atoms. The lowest BCUT2D eigenvalue weighted by Crippen LogP contribution is -2.35. The van der Waals surface area contributed by atoms with Crippen LogP contribution in [0.25, 0.3) is 16.7 Å². The molecule has 0 saturated carbocycles. The van der Waals surface area contributed by atoms with Gasteiger partial charge in [0.15, 0.2) is 0 Å². The Kier molecular flexibility index (Phi) is 7.54. The zero-order valence-corrected chi connectivity index (χ0v) is 24.6. The van der Waals surface area contributed by atoms with E-state index in [0.717, 1.165) is 17.1 Å². The molecule has 0 spiro atoms. The summed E-state index contributed by atoms with van der Waals surface area (Å²) in [6.45, 7) is 8.72. The summed E-state index contributed by atoms with van der Waals surface area (Å²) in [4.78, 5) is 16.8. The lowest BCUT2D eigenvalue weighted by Gasteiger charge is -2.27. The van der Waals surface area contributed by atoms with Crippen LogP contribution in [0.15, 0.2) is 52.5 Å². The number of hydrogen-bond acceptors (Lipinski definition) is 7. The summed E-state index contributed by atoms with van der Waals surface area (Å²) >= 11 is 0. The summed E-state index contributed by atoms with van der Waals surface area (Å²) in [5, 5.41) is 5.08. The molecule has 0 fully saturated rings. The summed E-state index contributed by atoms with van der Waals surface area (Å²) in [5.41, 5.74) is 1.41. The second kappa shape index (κ2) is 10.4. The summed E-state index contributed by atoms with van der Waals surface area (Å²) in [6, 6.07) is 7.39. The van der Waals surface area contributed by atoms with E-state index in [2.05, 4.69) is 29.7 Å². The molecule has 0 aliphatic heterocycles. The van der Waals surface area contributed by atoms with E-state index in [9.17, 15) is 13.2 Å². The van der Waals surface area contributed by atoms with Gasteiger partial charge in [0.25, 0.3) is 10.0 Å². The number of hydrogen-bond donors (Lipinski definition) is 0. The standard InChI is InChI=1S/C25H34N6O5SSi/c1-18-16-30(25(32)28(18)2)22-11-9-20(15-26-22)37(33,34)31(17-36-12-13-38(5,6)7)24-21(35-4)10-8-19-14-27-29(3)23(19)24/h8-11,14-16H,12-13,17H2,1-7H3. The van der Waals surface area contributed by atoms with Gasteiger partial charge < -0.3 is 9.47 Å². The molecule has 0 amide bonds. The molecular weight excluding hydrogens is 524 g/mol. The number of rotatable bonds is 10. The minimum atomic E-state index is -4.16. The fourth-order valence-electron chi connectivity index (χ4n) is 4.01. The molecule has 0 radical (unpaired) electrons. The van der Waals surface area contributed by atoms with Crippen LogP contribution < -0.4 is 14.7 Å². The van der Waals surface area contributed by atoms with Gasteiger partial charge in [-0.05, 0) is 37.2 Å². The minimum Gasteiger partial charge on any atom is -0.494 e. The van der Waals surface area contributed by atoms with Crippen LogP contribution >= 0.6 is 0 Å². The molecule has 204 valence electrons. The van der Waals surface area contributed by atoms with Gasteiger partial charge in [0, 0.05) is 52.2 Å². The quantitative estimate of drug-likeness (QED) is 0.167. The fraction of sp³-hybridized carbons (Fsp3) is 0.400. The fourth-order valence-corrected chi connectivity index (χ4v) is 6.08. The number of aryl methyl sites for hydroxylation is 2. The van der Waals surface area contributed by atoms with Gasteiger partial charge in [0.1, 0.15) is 28.9 Å². The van der Waals surface area contributed by atoms with Crippen LogP contribution in [0, 0.1) is 6.92 Å². The smallest absolute Gasteiger partial charge is 0.333 e. The van der Waals surface area contributed by atoms with E-state index in [4.69, 9.17) is 9.47 Å². The highest BCUT2D eigenvalue weighted by Crippen LogP contribution is 2.39. The number of anilines is 1. The van der Waals surface area contributed by atoms with Crippen LogP contribution in [0.3, 0.4) is 0 Å². The minimum absolute atomic E-state index is 0.0445. The molecule has 0 N–H and O–H groups in total. The summed E-state index contributed by atoms with van der Waals surface area (Å²) in [6.07, 6.45) is 4.58. The predicted octanol–water partition coefficient (Wildman–Crippen LogP) is 3.28. The van der Waals surface area contributed by atoms with Crippen molar-refractivity contribution in [1.82, 2.24) is 23.9 Å². The third-order valence-electron chi connectivity index (χ3n) is 6.41. The Labute approximate surface area is 223 Å². The lowest BCUT2D eigenvalue weighted by molar-refractivity contribution is 0.156. The van der Waals surface area contributed by atoms with E-state index >= 15 is 0 Å². The summed E-state index contributed by atoms with van der Waals surface area (Å²) in [7, 11) is -0.644. The highest BCUT2D eigenvalue weighted by atomic mass is 32.2. The van der Waals surface area contributed by atoms with Crippen molar-refractivity contribution in [3.63, 3.8) is 0 Å². The van der Waals surface area contributed by atoms with E-state index in [1.807, 2.05) is 13.0 Å². The maximum Gasteiger partial charge on any atom is 0.333 e. The SMILES string of the molecule is COc1ccc2cnn(C)c2c1N(COCC[Si](C)(C)C)S(=O)(=O)c1ccc(-n2cc(C)n(C)c2=O)nc1. The number of aromatic nitrogens is 5. The molecule has 0 aliphatic rings. The first-order chi connectivity index (χ1) is 17.8. The Morgan fingerprint density at radius 3 is 2.39 bits per heavy atom. The van der Waals surface area contributed by atoms with Gasteiger partial charge in [-0.3, -0.25) is 13.8 Å². The van der Waals surface area contributed by atoms with Crippen molar-refractivity contribution in [2.24, 2.45) is 14.1 Å². The van der Waals surface area contributed by atoms with Crippen molar-refractivity contribution in [2.45, 2.75) is 37.5 Å². The first-order valence-electron chi connectivity index (χ1n) is 12.2. The van der Waals surface area contributed by atoms with Gasteiger partial charge in [-0.2, -0.15) is 5.10 Å². The number of pyridine rings is 1. The van der Waals surface area contributed by atoms with Crippen molar-refractivity contribution in [3.8, 4) is 11.6 Å². The van der Waals surface area contributed by atoms with Crippen LogP contribution in [0.1, 0.15) is 5.69 Å². The molecule has 3 heterocycles. The second-order valence-electron chi connectivity index (χ2n) is 10.4. The number of nitrogens with zero attached hydrogens (tertiary/aromatic N) is 6. The zero-order valence-electron chi connectivity index (χ0n) is 22.8. The molecule has 0 aliphatic carbocycles. The Bertz CT molecular complexity index is 1620. The van der Waals surface area contributed by atoms with Crippen LogP contribution in [0.5, 0.6) is 5.75 Å². The zero-order chi connectivity index (χ0) is 27.8. The van der Waals surface area contributed by atoms with Crippen molar-refractivity contribution in [2.75, 3.05) is 24.8 Å². The largest absolute Gasteiger partial charge is 0.494 e. The van der Waals surface area contributed by atoms with Gasteiger partial charge >= 0.3 is 5.69 Å². The maximum atomic E-state index is 14.1. The Balaban J connectivity index is 1.79. The van der Waals surface area contributed by atoms with Crippen LogP contribution in [0.4, 0.5) is 5.69 Å². The predicted molar refractivity (Wildman–Crippen MR) is 149 cm³/mol.